The van der Waals surface area contributed by atoms with Crippen LogP contribution >= 0.6 is 0 Å². The first-order chi connectivity index (χ1) is 13.2. The van der Waals surface area contributed by atoms with Gasteiger partial charge in [0.25, 0.3) is 5.89 Å². The van der Waals surface area contributed by atoms with Crippen LogP contribution in [0.1, 0.15) is 24.6 Å². The fourth-order valence-electron chi connectivity index (χ4n) is 3.23. The number of rotatable bonds is 6. The molecule has 3 heterocycles. The van der Waals surface area contributed by atoms with Gasteiger partial charge in [-0.3, -0.25) is 5.10 Å². The Morgan fingerprint density at radius 1 is 1.07 bits per heavy atom. The maximum absolute atomic E-state index is 5.41. The molecule has 142 valence electrons. The van der Waals surface area contributed by atoms with E-state index < -0.39 is 0 Å². The maximum atomic E-state index is 5.41. The standard InChI is InChI=1S/C18H21N5O4/c1-24-14-7-10(8-15(25-2)16(14)26-3)17-20-18(27-23-17)13-9-12(21-22-13)11-5-4-6-19-11/h7-9,11,19H,4-6H2,1-3H3,(H,21,22). The molecule has 1 aromatic carbocycles. The smallest absolute Gasteiger partial charge is 0.278 e. The second kappa shape index (κ2) is 7.28. The molecule has 0 amide bonds. The molecular weight excluding hydrogens is 350 g/mol. The molecule has 1 aliphatic rings. The van der Waals surface area contributed by atoms with E-state index in [0.29, 0.717) is 46.3 Å². The Labute approximate surface area is 156 Å². The number of H-pyrrole nitrogens is 1. The van der Waals surface area contributed by atoms with E-state index in [0.717, 1.165) is 25.1 Å². The molecular formula is C18H21N5O4. The van der Waals surface area contributed by atoms with Crippen LogP contribution in [-0.2, 0) is 0 Å². The zero-order valence-electron chi connectivity index (χ0n) is 15.4. The van der Waals surface area contributed by atoms with Gasteiger partial charge in [-0.15, -0.1) is 0 Å². The van der Waals surface area contributed by atoms with Crippen LogP contribution in [0.25, 0.3) is 23.0 Å². The van der Waals surface area contributed by atoms with Crippen LogP contribution < -0.4 is 19.5 Å². The van der Waals surface area contributed by atoms with Crippen molar-refractivity contribution in [3.63, 3.8) is 0 Å². The molecule has 2 aromatic heterocycles. The Bertz CT molecular complexity index is 904. The molecule has 9 nitrogen and oxygen atoms in total. The molecule has 27 heavy (non-hydrogen) atoms. The normalized spacial score (nSPS) is 16.5. The van der Waals surface area contributed by atoms with Crippen LogP contribution in [0.4, 0.5) is 0 Å². The summed E-state index contributed by atoms with van der Waals surface area (Å²) in [5, 5.41) is 14.8. The fourth-order valence-corrected chi connectivity index (χ4v) is 3.23. The molecule has 0 aliphatic carbocycles. The average molecular weight is 371 g/mol. The molecule has 1 unspecified atom stereocenters. The lowest BCUT2D eigenvalue weighted by molar-refractivity contribution is 0.324. The molecule has 2 N–H and O–H groups in total. The summed E-state index contributed by atoms with van der Waals surface area (Å²) in [6.45, 7) is 1.02. The van der Waals surface area contributed by atoms with Gasteiger partial charge in [0.2, 0.25) is 11.6 Å². The Hall–Kier alpha value is -3.07. The van der Waals surface area contributed by atoms with Crippen LogP contribution in [0.5, 0.6) is 17.2 Å². The number of aromatic nitrogens is 4. The monoisotopic (exact) mass is 371 g/mol. The highest BCUT2D eigenvalue weighted by molar-refractivity contribution is 5.67. The number of hydrogen-bond donors (Lipinski definition) is 2. The van der Waals surface area contributed by atoms with Crippen molar-refractivity contribution in [2.24, 2.45) is 0 Å². The lowest BCUT2D eigenvalue weighted by Crippen LogP contribution is -2.12. The second-order valence-electron chi connectivity index (χ2n) is 6.19. The Morgan fingerprint density at radius 2 is 1.85 bits per heavy atom. The number of aromatic amines is 1. The van der Waals surface area contributed by atoms with E-state index in [1.807, 2.05) is 6.07 Å². The highest BCUT2D eigenvalue weighted by atomic mass is 16.5. The quantitative estimate of drug-likeness (QED) is 0.681. The fraction of sp³-hybridized carbons (Fsp3) is 0.389. The lowest BCUT2D eigenvalue weighted by atomic mass is 10.1. The highest BCUT2D eigenvalue weighted by Gasteiger charge is 2.22. The summed E-state index contributed by atoms with van der Waals surface area (Å²) in [5.41, 5.74) is 2.33. The molecule has 1 saturated heterocycles. The minimum atomic E-state index is 0.295. The molecule has 0 saturated carbocycles. The van der Waals surface area contributed by atoms with Gasteiger partial charge in [0.05, 0.1) is 27.0 Å². The van der Waals surface area contributed by atoms with E-state index in [-0.39, 0.29) is 0 Å². The van der Waals surface area contributed by atoms with Crippen molar-refractivity contribution in [3.8, 4) is 40.2 Å². The van der Waals surface area contributed by atoms with Crippen LogP contribution in [-0.4, -0.2) is 48.2 Å². The highest BCUT2D eigenvalue weighted by Crippen LogP contribution is 2.40. The van der Waals surface area contributed by atoms with Gasteiger partial charge in [0.15, 0.2) is 17.2 Å². The molecule has 0 bridgehead atoms. The van der Waals surface area contributed by atoms with E-state index >= 15 is 0 Å². The largest absolute Gasteiger partial charge is 0.493 e. The zero-order chi connectivity index (χ0) is 18.8. The number of benzene rings is 1. The van der Waals surface area contributed by atoms with Crippen molar-refractivity contribution < 1.29 is 18.7 Å². The van der Waals surface area contributed by atoms with Gasteiger partial charge >= 0.3 is 0 Å². The Morgan fingerprint density at radius 3 is 2.48 bits per heavy atom. The van der Waals surface area contributed by atoms with Gasteiger partial charge in [-0.1, -0.05) is 5.16 Å². The van der Waals surface area contributed by atoms with Crippen LogP contribution in [0.3, 0.4) is 0 Å². The Kier molecular flexibility index (Phi) is 4.68. The molecule has 3 aromatic rings. The molecule has 1 fully saturated rings. The lowest BCUT2D eigenvalue weighted by Gasteiger charge is -2.12. The third-order valence-corrected chi connectivity index (χ3v) is 4.60. The van der Waals surface area contributed by atoms with Crippen molar-refractivity contribution in [2.75, 3.05) is 27.9 Å². The van der Waals surface area contributed by atoms with E-state index in [4.69, 9.17) is 18.7 Å². The van der Waals surface area contributed by atoms with Crippen molar-refractivity contribution in [1.29, 1.82) is 0 Å². The molecule has 4 rings (SSSR count). The van der Waals surface area contributed by atoms with E-state index in [1.165, 1.54) is 0 Å². The number of nitrogens with zero attached hydrogens (tertiary/aromatic N) is 3. The van der Waals surface area contributed by atoms with E-state index in [1.54, 1.807) is 33.5 Å². The predicted octanol–water partition coefficient (Wildman–Crippen LogP) is 2.58. The molecule has 9 heteroatoms. The summed E-state index contributed by atoms with van der Waals surface area (Å²) >= 11 is 0. The average Bonchev–Trinajstić information content (AvgIpc) is 3.46. The van der Waals surface area contributed by atoms with Crippen LogP contribution in [0.2, 0.25) is 0 Å². The first kappa shape index (κ1) is 17.3. The van der Waals surface area contributed by atoms with Crippen molar-refractivity contribution >= 4 is 0 Å². The zero-order valence-corrected chi connectivity index (χ0v) is 15.4. The van der Waals surface area contributed by atoms with Crippen molar-refractivity contribution in [2.45, 2.75) is 18.9 Å². The predicted molar refractivity (Wildman–Crippen MR) is 96.9 cm³/mol. The molecule has 1 aliphatic heterocycles. The minimum Gasteiger partial charge on any atom is -0.493 e. The number of hydrogen-bond acceptors (Lipinski definition) is 8. The van der Waals surface area contributed by atoms with Crippen molar-refractivity contribution in [1.82, 2.24) is 25.7 Å². The number of methoxy groups -OCH3 is 3. The number of ether oxygens (including phenoxy) is 3. The van der Waals surface area contributed by atoms with Crippen LogP contribution in [0, 0.1) is 0 Å². The third-order valence-electron chi connectivity index (χ3n) is 4.60. The first-order valence-electron chi connectivity index (χ1n) is 8.66. The summed E-state index contributed by atoms with van der Waals surface area (Å²) in [6, 6.07) is 5.78. The minimum absolute atomic E-state index is 0.295. The first-order valence-corrected chi connectivity index (χ1v) is 8.66. The molecule has 0 radical (unpaired) electrons. The van der Waals surface area contributed by atoms with E-state index in [2.05, 4.69) is 25.7 Å². The Balaban J connectivity index is 1.64. The summed E-state index contributed by atoms with van der Waals surface area (Å²) in [4.78, 5) is 4.46. The maximum Gasteiger partial charge on any atom is 0.278 e. The van der Waals surface area contributed by atoms with Gasteiger partial charge in [-0.05, 0) is 37.6 Å². The third kappa shape index (κ3) is 3.21. The van der Waals surface area contributed by atoms with Crippen LogP contribution in [0.15, 0.2) is 22.7 Å². The van der Waals surface area contributed by atoms with Gasteiger partial charge in [0.1, 0.15) is 0 Å². The van der Waals surface area contributed by atoms with Gasteiger partial charge < -0.3 is 24.1 Å². The molecule has 0 spiro atoms. The summed E-state index contributed by atoms with van der Waals surface area (Å²) < 4.78 is 21.5. The second-order valence-corrected chi connectivity index (χ2v) is 6.19. The number of nitrogens with one attached hydrogen (secondary N) is 2. The summed E-state index contributed by atoms with van der Waals surface area (Å²) in [6.07, 6.45) is 2.24. The topological polar surface area (TPSA) is 107 Å². The van der Waals surface area contributed by atoms with Gasteiger partial charge in [0, 0.05) is 11.6 Å². The SMILES string of the molecule is COc1cc(-c2noc(-c3cc(C4CCCN4)[nH]n3)n2)cc(OC)c1OC. The van der Waals surface area contributed by atoms with Gasteiger partial charge in [-0.25, -0.2) is 0 Å². The van der Waals surface area contributed by atoms with Gasteiger partial charge in [-0.2, -0.15) is 10.1 Å². The van der Waals surface area contributed by atoms with Crippen molar-refractivity contribution in [3.05, 3.63) is 23.9 Å². The summed E-state index contributed by atoms with van der Waals surface area (Å²) in [5.74, 6) is 2.31. The summed E-state index contributed by atoms with van der Waals surface area (Å²) in [7, 11) is 4.68. The molecule has 1 atom stereocenters. The van der Waals surface area contributed by atoms with E-state index in [9.17, 15) is 0 Å².